The summed E-state index contributed by atoms with van der Waals surface area (Å²) in [6.45, 7) is 0. The number of nitrogens with one attached hydrogen (secondary N) is 1. The molecule has 4 heteroatoms. The Morgan fingerprint density at radius 2 is 2.20 bits per heavy atom. The molecule has 2 aliphatic heterocycles. The Labute approximate surface area is 60.9 Å². The predicted octanol–water partition coefficient (Wildman–Crippen LogP) is 1.22. The zero-order chi connectivity index (χ0) is 6.97. The smallest absolute Gasteiger partial charge is 0.0999 e. The maximum Gasteiger partial charge on any atom is 0.0999 e. The van der Waals surface area contributed by atoms with Gasteiger partial charge in [0.25, 0.3) is 0 Å². The summed E-state index contributed by atoms with van der Waals surface area (Å²) < 4.78 is 11.3. The van der Waals surface area contributed by atoms with Crippen LogP contribution in [0.1, 0.15) is 0 Å². The average molecular weight is 151 g/mol. The molecule has 0 fully saturated rings. The van der Waals surface area contributed by atoms with Crippen LogP contribution in [0.2, 0.25) is 0 Å². The molecule has 0 aromatic heterocycles. The number of hydrogen-bond donors (Lipinski definition) is 1. The van der Waals surface area contributed by atoms with E-state index in [0.29, 0.717) is 0 Å². The third-order valence-electron chi connectivity index (χ3n) is 1.26. The van der Waals surface area contributed by atoms with Crippen molar-refractivity contribution in [2.45, 2.75) is 0 Å². The van der Waals surface area contributed by atoms with E-state index in [2.05, 4.69) is 9.39 Å². The highest BCUT2D eigenvalue weighted by molar-refractivity contribution is 7.88. The molecule has 1 N–H and O–H groups in total. The minimum absolute atomic E-state index is 0.676. The lowest BCUT2D eigenvalue weighted by Crippen LogP contribution is -2.09. The van der Waals surface area contributed by atoms with Crippen LogP contribution in [0.4, 0.5) is 0 Å². The molecule has 0 aliphatic carbocycles. The van der Waals surface area contributed by atoms with E-state index in [0.717, 1.165) is 11.4 Å². The van der Waals surface area contributed by atoms with Crippen molar-refractivity contribution in [1.82, 2.24) is 0 Å². The molecule has 10 heavy (non-hydrogen) atoms. The van der Waals surface area contributed by atoms with Gasteiger partial charge in [-0.1, -0.05) is 0 Å². The van der Waals surface area contributed by atoms with Gasteiger partial charge in [-0.05, 0) is 12.2 Å². The molecule has 0 amide bonds. The van der Waals surface area contributed by atoms with Crippen molar-refractivity contribution in [3.63, 3.8) is 0 Å². The molecule has 0 spiro atoms. The first-order valence-electron chi connectivity index (χ1n) is 2.82. The van der Waals surface area contributed by atoms with Crippen molar-refractivity contribution in [3.8, 4) is 0 Å². The number of nitrogens with zero attached hydrogens (tertiary/aromatic N) is 2. The largest absolute Gasteiger partial charge is 0.255 e. The minimum Gasteiger partial charge on any atom is -0.255 e. The van der Waals surface area contributed by atoms with E-state index in [4.69, 9.17) is 4.78 Å². The molecule has 2 rings (SSSR count). The highest BCUT2D eigenvalue weighted by Crippen LogP contribution is 2.07. The Bertz CT molecular complexity index is 309. The summed E-state index contributed by atoms with van der Waals surface area (Å²) in [7, 11) is -0.676. The van der Waals surface area contributed by atoms with Gasteiger partial charge >= 0.3 is 0 Å². The van der Waals surface area contributed by atoms with Gasteiger partial charge in [0.1, 0.15) is 0 Å². The van der Waals surface area contributed by atoms with Crippen molar-refractivity contribution in [3.05, 3.63) is 23.8 Å². The number of fused-ring (bicyclic) bond motifs is 1. The molecular weight excluding hydrogens is 146 g/mol. The predicted molar refractivity (Wildman–Crippen MR) is 43.2 cm³/mol. The van der Waals surface area contributed by atoms with Crippen LogP contribution in [0.5, 0.6) is 0 Å². The molecule has 2 heterocycles. The van der Waals surface area contributed by atoms with Crippen LogP contribution in [-0.2, 0) is 10.9 Å². The average Bonchev–Trinajstić information content (AvgIpc) is 2.33. The van der Waals surface area contributed by atoms with Gasteiger partial charge in [0.2, 0.25) is 0 Å². The van der Waals surface area contributed by atoms with Crippen molar-refractivity contribution in [2.75, 3.05) is 0 Å². The Balaban J connectivity index is 2.51. The van der Waals surface area contributed by atoms with Crippen molar-refractivity contribution in [1.29, 1.82) is 4.78 Å². The zero-order valence-electron chi connectivity index (χ0n) is 5.11. The second-order valence-corrected chi connectivity index (χ2v) is 3.01. The minimum atomic E-state index is -0.676. The fraction of sp³-hybridized carbons (Fsp3) is 0. The molecular formula is C6H5N3S. The number of aliphatic imine (C=N–C) groups is 1. The molecule has 0 aromatic carbocycles. The van der Waals surface area contributed by atoms with E-state index in [1.165, 1.54) is 0 Å². The molecule has 0 saturated carbocycles. The van der Waals surface area contributed by atoms with Crippen LogP contribution in [0.25, 0.3) is 0 Å². The van der Waals surface area contributed by atoms with Crippen LogP contribution in [0.3, 0.4) is 0 Å². The monoisotopic (exact) mass is 151 g/mol. The first-order chi connectivity index (χ1) is 4.86. The van der Waals surface area contributed by atoms with Crippen LogP contribution >= 0.6 is 0 Å². The molecule has 3 nitrogen and oxygen atoms in total. The summed E-state index contributed by atoms with van der Waals surface area (Å²) in [6.07, 6.45) is 5.38. The summed E-state index contributed by atoms with van der Waals surface area (Å²) in [5.41, 5.74) is 1.73. The van der Waals surface area contributed by atoms with Gasteiger partial charge in [-0.2, -0.15) is 4.40 Å². The number of hydrogen-bond acceptors (Lipinski definition) is 2. The molecule has 0 radical (unpaired) electrons. The quantitative estimate of drug-likeness (QED) is 0.541. The van der Waals surface area contributed by atoms with Gasteiger partial charge in [0, 0.05) is 22.5 Å². The maximum atomic E-state index is 7.29. The molecule has 50 valence electrons. The SMILES string of the molecule is N=S1C=CC2=NC=CC2=N1. The lowest BCUT2D eigenvalue weighted by molar-refractivity contribution is 1.61. The van der Waals surface area contributed by atoms with Gasteiger partial charge in [-0.15, -0.1) is 0 Å². The second-order valence-electron chi connectivity index (χ2n) is 1.92. The zero-order valence-corrected chi connectivity index (χ0v) is 5.93. The molecule has 0 saturated heterocycles. The Hall–Kier alpha value is -1.03. The van der Waals surface area contributed by atoms with Crippen molar-refractivity contribution in [2.24, 2.45) is 9.39 Å². The number of rotatable bonds is 0. The summed E-state index contributed by atoms with van der Waals surface area (Å²) in [5.74, 6) is 0. The third-order valence-corrected chi connectivity index (χ3v) is 2.05. The van der Waals surface area contributed by atoms with E-state index in [9.17, 15) is 0 Å². The number of allylic oxidation sites excluding steroid dienone is 2. The topological polar surface area (TPSA) is 48.6 Å². The standard InChI is InChI=1S/C6H5N3S/c7-10-4-2-5-6(9-10)1-3-8-5/h1-4,7H. The fourth-order valence-electron chi connectivity index (χ4n) is 0.811. The summed E-state index contributed by atoms with van der Waals surface area (Å²) in [4.78, 5) is 4.03. The first kappa shape index (κ1) is 5.73. The van der Waals surface area contributed by atoms with Gasteiger partial charge in [-0.25, -0.2) is 0 Å². The molecule has 1 unspecified atom stereocenters. The molecule has 2 aliphatic rings. The van der Waals surface area contributed by atoms with Crippen LogP contribution in [-0.4, -0.2) is 11.4 Å². The van der Waals surface area contributed by atoms with Crippen molar-refractivity contribution >= 4 is 22.3 Å². The van der Waals surface area contributed by atoms with E-state index in [-0.39, 0.29) is 0 Å². The van der Waals surface area contributed by atoms with E-state index in [1.807, 2.05) is 12.2 Å². The maximum absolute atomic E-state index is 7.29. The second kappa shape index (κ2) is 1.98. The summed E-state index contributed by atoms with van der Waals surface area (Å²) in [5, 5.41) is 1.75. The Morgan fingerprint density at radius 1 is 1.30 bits per heavy atom. The Kier molecular flexibility index (Phi) is 1.14. The lowest BCUT2D eigenvalue weighted by Gasteiger charge is -2.00. The summed E-state index contributed by atoms with van der Waals surface area (Å²) in [6, 6.07) is 0. The third kappa shape index (κ3) is 0.769. The van der Waals surface area contributed by atoms with Crippen LogP contribution in [0, 0.1) is 4.78 Å². The summed E-state index contributed by atoms with van der Waals surface area (Å²) >= 11 is 0. The normalized spacial score (nSPS) is 27.8. The van der Waals surface area contributed by atoms with Gasteiger partial charge in [0.05, 0.1) is 11.4 Å². The van der Waals surface area contributed by atoms with Crippen LogP contribution < -0.4 is 0 Å². The molecule has 0 bridgehead atoms. The Morgan fingerprint density at radius 3 is 3.10 bits per heavy atom. The van der Waals surface area contributed by atoms with Crippen LogP contribution in [0.15, 0.2) is 33.2 Å². The lowest BCUT2D eigenvalue weighted by atomic mass is 10.2. The van der Waals surface area contributed by atoms with Crippen molar-refractivity contribution < 1.29 is 0 Å². The highest BCUT2D eigenvalue weighted by Gasteiger charge is 2.10. The molecule has 0 aromatic rings. The van der Waals surface area contributed by atoms with Gasteiger partial charge in [-0.3, -0.25) is 9.77 Å². The van der Waals surface area contributed by atoms with Gasteiger partial charge in [0.15, 0.2) is 0 Å². The van der Waals surface area contributed by atoms with E-state index >= 15 is 0 Å². The van der Waals surface area contributed by atoms with Gasteiger partial charge < -0.3 is 0 Å². The van der Waals surface area contributed by atoms with E-state index in [1.54, 1.807) is 11.6 Å². The van der Waals surface area contributed by atoms with E-state index < -0.39 is 10.9 Å². The first-order valence-corrected chi connectivity index (χ1v) is 4.07. The fourth-order valence-corrected chi connectivity index (χ4v) is 1.50. The molecule has 1 atom stereocenters. The highest BCUT2D eigenvalue weighted by atomic mass is 32.2.